The zero-order valence-electron chi connectivity index (χ0n) is 11.8. The Morgan fingerprint density at radius 1 is 1.21 bits per heavy atom. The van der Waals surface area contributed by atoms with E-state index in [1.165, 1.54) is 5.56 Å². The van der Waals surface area contributed by atoms with E-state index in [1.54, 1.807) is 0 Å². The minimum Gasteiger partial charge on any atom is -0.340 e. The molecule has 0 amide bonds. The molecule has 0 fully saturated rings. The Kier molecular flexibility index (Phi) is 4.68. The summed E-state index contributed by atoms with van der Waals surface area (Å²) in [4.78, 5) is 4.21. The number of nitrogens with zero attached hydrogens (tertiary/aromatic N) is 2. The molecule has 1 unspecified atom stereocenters. The standard InChI is InChI=1S/C15H21N3O/c1-11(2)15(13-7-5-4-6-8-13)16-10-9-14-17-12(3)19-18-14/h4-8,11,15-16H,9-10H2,1-3H3. The number of aryl methyl sites for hydroxylation is 1. The van der Waals surface area contributed by atoms with Crippen LogP contribution in [0.1, 0.15) is 37.2 Å². The Bertz CT molecular complexity index is 493. The second kappa shape index (κ2) is 6.48. The fourth-order valence-corrected chi connectivity index (χ4v) is 2.18. The van der Waals surface area contributed by atoms with Crippen LogP contribution in [0.25, 0.3) is 0 Å². The van der Waals surface area contributed by atoms with Crippen molar-refractivity contribution in [3.8, 4) is 0 Å². The van der Waals surface area contributed by atoms with Gasteiger partial charge in [0.25, 0.3) is 0 Å². The Morgan fingerprint density at radius 2 is 1.95 bits per heavy atom. The van der Waals surface area contributed by atoms with Gasteiger partial charge in [0.1, 0.15) is 0 Å². The van der Waals surface area contributed by atoms with Gasteiger partial charge >= 0.3 is 0 Å². The Morgan fingerprint density at radius 3 is 2.53 bits per heavy atom. The van der Waals surface area contributed by atoms with Gasteiger partial charge in [0, 0.05) is 25.9 Å². The van der Waals surface area contributed by atoms with Crippen molar-refractivity contribution in [3.63, 3.8) is 0 Å². The maximum Gasteiger partial charge on any atom is 0.223 e. The lowest BCUT2D eigenvalue weighted by Crippen LogP contribution is -2.27. The molecule has 1 aromatic carbocycles. The van der Waals surface area contributed by atoms with Crippen LogP contribution in [0.3, 0.4) is 0 Å². The molecule has 102 valence electrons. The van der Waals surface area contributed by atoms with E-state index < -0.39 is 0 Å². The minimum atomic E-state index is 0.356. The van der Waals surface area contributed by atoms with Crippen LogP contribution in [0, 0.1) is 12.8 Å². The zero-order valence-corrected chi connectivity index (χ0v) is 11.8. The SMILES string of the molecule is Cc1nc(CCNC(c2ccccc2)C(C)C)no1. The van der Waals surface area contributed by atoms with E-state index >= 15 is 0 Å². The third kappa shape index (κ3) is 3.89. The van der Waals surface area contributed by atoms with Crippen molar-refractivity contribution in [3.05, 3.63) is 47.6 Å². The predicted molar refractivity (Wildman–Crippen MR) is 74.8 cm³/mol. The van der Waals surface area contributed by atoms with Gasteiger partial charge in [-0.1, -0.05) is 49.3 Å². The fourth-order valence-electron chi connectivity index (χ4n) is 2.18. The molecule has 0 aliphatic heterocycles. The van der Waals surface area contributed by atoms with E-state index in [1.807, 2.05) is 13.0 Å². The summed E-state index contributed by atoms with van der Waals surface area (Å²) in [5.41, 5.74) is 1.32. The molecule has 0 spiro atoms. The predicted octanol–water partition coefficient (Wildman–Crippen LogP) is 2.91. The molecule has 1 N–H and O–H groups in total. The van der Waals surface area contributed by atoms with Crippen molar-refractivity contribution in [1.29, 1.82) is 0 Å². The lowest BCUT2D eigenvalue weighted by Gasteiger charge is -2.22. The molecule has 0 bridgehead atoms. The van der Waals surface area contributed by atoms with Gasteiger partial charge in [-0.05, 0) is 11.5 Å². The lowest BCUT2D eigenvalue weighted by atomic mass is 9.96. The van der Waals surface area contributed by atoms with Crippen LogP contribution in [0.15, 0.2) is 34.9 Å². The highest BCUT2D eigenvalue weighted by Gasteiger charge is 2.14. The van der Waals surface area contributed by atoms with Gasteiger partial charge in [-0.2, -0.15) is 4.98 Å². The molecule has 1 aromatic heterocycles. The van der Waals surface area contributed by atoms with E-state index in [9.17, 15) is 0 Å². The Labute approximate surface area is 114 Å². The molecule has 1 heterocycles. The highest BCUT2D eigenvalue weighted by atomic mass is 16.5. The lowest BCUT2D eigenvalue weighted by molar-refractivity contribution is 0.382. The summed E-state index contributed by atoms with van der Waals surface area (Å²) in [6.45, 7) is 7.11. The van der Waals surface area contributed by atoms with E-state index in [2.05, 4.69) is 53.6 Å². The molecule has 19 heavy (non-hydrogen) atoms. The molecule has 2 rings (SSSR count). The van der Waals surface area contributed by atoms with Crippen LogP contribution < -0.4 is 5.32 Å². The van der Waals surface area contributed by atoms with Gasteiger partial charge in [0.05, 0.1) is 0 Å². The molecule has 0 radical (unpaired) electrons. The molecular formula is C15H21N3O. The molecule has 0 saturated carbocycles. The third-order valence-electron chi connectivity index (χ3n) is 3.11. The summed E-state index contributed by atoms with van der Waals surface area (Å²) in [6.07, 6.45) is 0.785. The average molecular weight is 259 g/mol. The second-order valence-electron chi connectivity index (χ2n) is 5.07. The summed E-state index contributed by atoms with van der Waals surface area (Å²) >= 11 is 0. The van der Waals surface area contributed by atoms with E-state index in [4.69, 9.17) is 4.52 Å². The quantitative estimate of drug-likeness (QED) is 0.866. The first kappa shape index (κ1) is 13.7. The first-order chi connectivity index (χ1) is 9.16. The van der Waals surface area contributed by atoms with Crippen LogP contribution >= 0.6 is 0 Å². The zero-order chi connectivity index (χ0) is 13.7. The van der Waals surface area contributed by atoms with Crippen molar-refractivity contribution in [1.82, 2.24) is 15.5 Å². The Hall–Kier alpha value is -1.68. The summed E-state index contributed by atoms with van der Waals surface area (Å²) in [6, 6.07) is 10.9. The summed E-state index contributed by atoms with van der Waals surface area (Å²) < 4.78 is 4.97. The molecular weight excluding hydrogens is 238 g/mol. The van der Waals surface area contributed by atoms with Crippen molar-refractivity contribution >= 4 is 0 Å². The number of hydrogen-bond donors (Lipinski definition) is 1. The number of hydrogen-bond acceptors (Lipinski definition) is 4. The molecule has 0 aliphatic rings. The van der Waals surface area contributed by atoms with Crippen molar-refractivity contribution in [2.75, 3.05) is 6.54 Å². The average Bonchev–Trinajstić information content (AvgIpc) is 2.81. The number of nitrogens with one attached hydrogen (secondary N) is 1. The van der Waals surface area contributed by atoms with Gasteiger partial charge in [0.15, 0.2) is 5.82 Å². The number of rotatable bonds is 6. The Balaban J connectivity index is 1.91. The first-order valence-corrected chi connectivity index (χ1v) is 6.74. The van der Waals surface area contributed by atoms with Crippen LogP contribution in [0.2, 0.25) is 0 Å². The maximum absolute atomic E-state index is 4.97. The van der Waals surface area contributed by atoms with Gasteiger partial charge in [0.2, 0.25) is 5.89 Å². The highest BCUT2D eigenvalue weighted by molar-refractivity contribution is 5.19. The molecule has 4 heteroatoms. The van der Waals surface area contributed by atoms with Gasteiger partial charge in [-0.25, -0.2) is 0 Å². The van der Waals surface area contributed by atoms with Crippen molar-refractivity contribution < 1.29 is 4.52 Å². The fraction of sp³-hybridized carbons (Fsp3) is 0.467. The van der Waals surface area contributed by atoms with E-state index in [0.717, 1.165) is 18.8 Å². The minimum absolute atomic E-state index is 0.356. The smallest absolute Gasteiger partial charge is 0.223 e. The molecule has 2 aromatic rings. The summed E-state index contributed by atoms with van der Waals surface area (Å²) in [5, 5.41) is 7.48. The van der Waals surface area contributed by atoms with Crippen molar-refractivity contribution in [2.45, 2.75) is 33.2 Å². The molecule has 4 nitrogen and oxygen atoms in total. The van der Waals surface area contributed by atoms with Gasteiger partial charge < -0.3 is 9.84 Å². The topological polar surface area (TPSA) is 51.0 Å². The summed E-state index contributed by atoms with van der Waals surface area (Å²) in [7, 11) is 0. The number of benzene rings is 1. The molecule has 0 saturated heterocycles. The normalized spacial score (nSPS) is 12.8. The van der Waals surface area contributed by atoms with Gasteiger partial charge in [-0.3, -0.25) is 0 Å². The van der Waals surface area contributed by atoms with E-state index in [-0.39, 0.29) is 0 Å². The van der Waals surface area contributed by atoms with E-state index in [0.29, 0.717) is 17.9 Å². The highest BCUT2D eigenvalue weighted by Crippen LogP contribution is 2.20. The van der Waals surface area contributed by atoms with Crippen LogP contribution in [0.4, 0.5) is 0 Å². The molecule has 0 aliphatic carbocycles. The third-order valence-corrected chi connectivity index (χ3v) is 3.11. The van der Waals surface area contributed by atoms with Crippen LogP contribution in [0.5, 0.6) is 0 Å². The van der Waals surface area contributed by atoms with Crippen LogP contribution in [-0.4, -0.2) is 16.7 Å². The monoisotopic (exact) mass is 259 g/mol. The molecule has 1 atom stereocenters. The summed E-state index contributed by atoms with van der Waals surface area (Å²) in [5.74, 6) is 1.92. The first-order valence-electron chi connectivity index (χ1n) is 6.74. The maximum atomic E-state index is 4.97. The number of aromatic nitrogens is 2. The van der Waals surface area contributed by atoms with Gasteiger partial charge in [-0.15, -0.1) is 0 Å². The largest absolute Gasteiger partial charge is 0.340 e. The van der Waals surface area contributed by atoms with Crippen LogP contribution in [-0.2, 0) is 6.42 Å². The second-order valence-corrected chi connectivity index (χ2v) is 5.07. The van der Waals surface area contributed by atoms with Crippen molar-refractivity contribution in [2.24, 2.45) is 5.92 Å².